The molecular weight excluding hydrogens is 421 g/mol. The summed E-state index contributed by atoms with van der Waals surface area (Å²) >= 11 is 5.93. The highest BCUT2D eigenvalue weighted by molar-refractivity contribution is 6.31. The molecule has 0 unspecified atom stereocenters. The van der Waals surface area contributed by atoms with Crippen molar-refractivity contribution in [3.05, 3.63) is 58.6 Å². The Morgan fingerprint density at radius 3 is 2.50 bits per heavy atom. The Kier molecular flexibility index (Phi) is 7.10. The number of anilines is 1. The number of halogens is 4. The first-order chi connectivity index (χ1) is 14.3. The van der Waals surface area contributed by atoms with Crippen LogP contribution in [0.25, 0.3) is 0 Å². The summed E-state index contributed by atoms with van der Waals surface area (Å²) in [5, 5.41) is 0.411. The van der Waals surface area contributed by atoms with E-state index in [4.69, 9.17) is 21.1 Å². The summed E-state index contributed by atoms with van der Waals surface area (Å²) in [4.78, 5) is 16.3. The molecule has 0 N–H and O–H groups in total. The molecule has 1 heterocycles. The van der Waals surface area contributed by atoms with Crippen LogP contribution in [0.5, 0.6) is 5.75 Å². The van der Waals surface area contributed by atoms with Gasteiger partial charge in [-0.25, -0.2) is 4.79 Å². The lowest BCUT2D eigenvalue weighted by atomic mass is 10.1. The van der Waals surface area contributed by atoms with Gasteiger partial charge in [0, 0.05) is 43.4 Å². The van der Waals surface area contributed by atoms with Crippen LogP contribution in [-0.2, 0) is 10.9 Å². The van der Waals surface area contributed by atoms with E-state index in [1.165, 1.54) is 25.3 Å². The molecule has 1 aliphatic heterocycles. The maximum atomic E-state index is 12.9. The molecule has 2 aromatic carbocycles. The molecule has 1 fully saturated rings. The molecule has 162 valence electrons. The van der Waals surface area contributed by atoms with Crippen molar-refractivity contribution >= 4 is 23.3 Å². The minimum atomic E-state index is -4.35. The summed E-state index contributed by atoms with van der Waals surface area (Å²) in [5.41, 5.74) is 0.175. The van der Waals surface area contributed by atoms with Crippen molar-refractivity contribution < 1.29 is 27.4 Å². The third kappa shape index (κ3) is 5.58. The topological polar surface area (TPSA) is 42.0 Å². The molecule has 0 aromatic heterocycles. The average Bonchev–Trinajstić information content (AvgIpc) is 2.73. The zero-order valence-corrected chi connectivity index (χ0v) is 17.2. The van der Waals surface area contributed by atoms with Gasteiger partial charge in [-0.1, -0.05) is 17.7 Å². The Hall–Kier alpha value is -2.45. The van der Waals surface area contributed by atoms with Gasteiger partial charge in [0.05, 0.1) is 12.7 Å². The van der Waals surface area contributed by atoms with E-state index in [0.29, 0.717) is 49.2 Å². The predicted octanol–water partition coefficient (Wildman–Crippen LogP) is 4.35. The molecular formula is C21H22ClF3N2O3. The average molecular weight is 443 g/mol. The van der Waals surface area contributed by atoms with E-state index < -0.39 is 17.7 Å². The second-order valence-electron chi connectivity index (χ2n) is 6.86. The first-order valence-electron chi connectivity index (χ1n) is 9.43. The third-order valence-electron chi connectivity index (χ3n) is 4.93. The van der Waals surface area contributed by atoms with E-state index in [0.717, 1.165) is 6.07 Å². The van der Waals surface area contributed by atoms with Gasteiger partial charge in [-0.15, -0.1) is 0 Å². The van der Waals surface area contributed by atoms with Crippen LogP contribution in [0, 0.1) is 0 Å². The summed E-state index contributed by atoms with van der Waals surface area (Å²) in [7, 11) is 1.46. The molecule has 0 aliphatic carbocycles. The second-order valence-corrected chi connectivity index (χ2v) is 7.29. The van der Waals surface area contributed by atoms with Gasteiger partial charge in [-0.2, -0.15) is 13.2 Å². The van der Waals surface area contributed by atoms with E-state index in [2.05, 4.69) is 4.90 Å². The van der Waals surface area contributed by atoms with Crippen molar-refractivity contribution in [1.29, 1.82) is 0 Å². The van der Waals surface area contributed by atoms with Gasteiger partial charge in [0.1, 0.15) is 17.9 Å². The van der Waals surface area contributed by atoms with Crippen molar-refractivity contribution in [2.24, 2.45) is 0 Å². The van der Waals surface area contributed by atoms with Crippen LogP contribution in [0.2, 0.25) is 5.02 Å². The number of benzene rings is 2. The molecule has 0 bridgehead atoms. The second kappa shape index (κ2) is 9.57. The number of methoxy groups -OCH3 is 1. The number of hydrogen-bond acceptors (Lipinski definition) is 5. The van der Waals surface area contributed by atoms with Crippen LogP contribution in [0.3, 0.4) is 0 Å². The number of carbonyl (C=O) groups is 1. The van der Waals surface area contributed by atoms with Crippen LogP contribution in [0.4, 0.5) is 18.9 Å². The smallest absolute Gasteiger partial charge is 0.416 e. The molecule has 0 spiro atoms. The zero-order chi connectivity index (χ0) is 21.7. The Balaban J connectivity index is 1.48. The number of piperazine rings is 1. The molecule has 1 aliphatic rings. The van der Waals surface area contributed by atoms with Crippen LogP contribution in [-0.4, -0.2) is 57.3 Å². The number of hydrogen-bond donors (Lipinski definition) is 0. The molecule has 5 nitrogen and oxygen atoms in total. The van der Waals surface area contributed by atoms with E-state index in [9.17, 15) is 18.0 Å². The lowest BCUT2D eigenvalue weighted by Crippen LogP contribution is -2.47. The Bertz CT molecular complexity index is 884. The SMILES string of the molecule is COc1ccc(Cl)cc1C(=O)OCCN1CCN(c2cccc(C(F)(F)F)c2)CC1. The number of alkyl halides is 3. The first-order valence-corrected chi connectivity index (χ1v) is 9.81. The van der Waals surface area contributed by atoms with Gasteiger partial charge < -0.3 is 14.4 Å². The largest absolute Gasteiger partial charge is 0.496 e. The molecule has 1 saturated heterocycles. The van der Waals surface area contributed by atoms with Gasteiger partial charge in [-0.3, -0.25) is 4.90 Å². The molecule has 3 rings (SSSR count). The summed E-state index contributed by atoms with van der Waals surface area (Å²) in [6.45, 7) is 3.24. The number of esters is 1. The fourth-order valence-electron chi connectivity index (χ4n) is 3.29. The molecule has 2 aromatic rings. The van der Waals surface area contributed by atoms with E-state index >= 15 is 0 Å². The number of ether oxygens (including phenoxy) is 2. The monoisotopic (exact) mass is 442 g/mol. The number of nitrogens with zero attached hydrogens (tertiary/aromatic N) is 2. The van der Waals surface area contributed by atoms with E-state index in [-0.39, 0.29) is 12.2 Å². The van der Waals surface area contributed by atoms with Gasteiger partial charge in [-0.05, 0) is 36.4 Å². The highest BCUT2D eigenvalue weighted by Gasteiger charge is 2.31. The van der Waals surface area contributed by atoms with Gasteiger partial charge in [0.25, 0.3) is 0 Å². The Morgan fingerprint density at radius 1 is 1.10 bits per heavy atom. The normalized spacial score (nSPS) is 15.2. The standard InChI is InChI=1S/C21H22ClF3N2O3/c1-29-19-6-5-16(22)14-18(19)20(28)30-12-11-26-7-9-27(10-8-26)17-4-2-3-15(13-17)21(23,24)25/h2-6,13-14H,7-12H2,1H3. The van der Waals surface area contributed by atoms with Crippen LogP contribution >= 0.6 is 11.6 Å². The van der Waals surface area contributed by atoms with Crippen molar-refractivity contribution in [2.75, 3.05) is 51.3 Å². The summed E-state index contributed by atoms with van der Waals surface area (Å²) in [6.07, 6.45) is -4.35. The fourth-order valence-corrected chi connectivity index (χ4v) is 3.47. The molecule has 0 radical (unpaired) electrons. The fraction of sp³-hybridized carbons (Fsp3) is 0.381. The molecule has 0 saturated carbocycles. The maximum Gasteiger partial charge on any atom is 0.416 e. The molecule has 30 heavy (non-hydrogen) atoms. The lowest BCUT2D eigenvalue weighted by Gasteiger charge is -2.36. The van der Waals surface area contributed by atoms with Crippen LogP contribution < -0.4 is 9.64 Å². The lowest BCUT2D eigenvalue weighted by molar-refractivity contribution is -0.137. The Labute approximate surface area is 177 Å². The minimum absolute atomic E-state index is 0.193. The molecule has 0 amide bonds. The highest BCUT2D eigenvalue weighted by atomic mass is 35.5. The van der Waals surface area contributed by atoms with Crippen LogP contribution in [0.1, 0.15) is 15.9 Å². The van der Waals surface area contributed by atoms with E-state index in [1.807, 2.05) is 4.90 Å². The van der Waals surface area contributed by atoms with Crippen molar-refractivity contribution in [3.63, 3.8) is 0 Å². The molecule has 0 atom stereocenters. The quantitative estimate of drug-likeness (QED) is 0.622. The van der Waals surface area contributed by atoms with Crippen molar-refractivity contribution in [2.45, 2.75) is 6.18 Å². The summed E-state index contributed by atoms with van der Waals surface area (Å²) in [6, 6.07) is 10.1. The first kappa shape index (κ1) is 22.2. The highest BCUT2D eigenvalue weighted by Crippen LogP contribution is 2.32. The van der Waals surface area contributed by atoms with Crippen molar-refractivity contribution in [1.82, 2.24) is 4.90 Å². The number of rotatable bonds is 6. The van der Waals surface area contributed by atoms with Crippen molar-refractivity contribution in [3.8, 4) is 5.75 Å². The maximum absolute atomic E-state index is 12.9. The number of carbonyl (C=O) groups excluding carboxylic acids is 1. The van der Waals surface area contributed by atoms with Gasteiger partial charge >= 0.3 is 12.1 Å². The predicted molar refractivity (Wildman–Crippen MR) is 108 cm³/mol. The Morgan fingerprint density at radius 2 is 1.83 bits per heavy atom. The van der Waals surface area contributed by atoms with Gasteiger partial charge in [0.2, 0.25) is 0 Å². The van der Waals surface area contributed by atoms with Gasteiger partial charge in [0.15, 0.2) is 0 Å². The summed E-state index contributed by atoms with van der Waals surface area (Å²) in [5.74, 6) is -0.129. The van der Waals surface area contributed by atoms with E-state index in [1.54, 1.807) is 18.2 Å². The van der Waals surface area contributed by atoms with Crippen LogP contribution in [0.15, 0.2) is 42.5 Å². The zero-order valence-electron chi connectivity index (χ0n) is 16.4. The summed E-state index contributed by atoms with van der Waals surface area (Å²) < 4.78 is 49.2. The third-order valence-corrected chi connectivity index (χ3v) is 5.17. The molecule has 9 heteroatoms. The minimum Gasteiger partial charge on any atom is -0.496 e.